The second-order valence-electron chi connectivity index (χ2n) is 6.14. The maximum atomic E-state index is 13.0. The Hall–Kier alpha value is -2.71. The van der Waals surface area contributed by atoms with Crippen LogP contribution in [0.1, 0.15) is 41.7 Å². The van der Waals surface area contributed by atoms with E-state index in [0.717, 1.165) is 12.1 Å². The highest BCUT2D eigenvalue weighted by atomic mass is 19.4. The lowest BCUT2D eigenvalue weighted by atomic mass is 9.85. The average molecular weight is 370 g/mol. The van der Waals surface area contributed by atoms with Gasteiger partial charge in [-0.25, -0.2) is 4.79 Å². The number of carbonyl (C=O) groups excluding carboxylic acids is 1. The molecule has 2 aromatic rings. The van der Waals surface area contributed by atoms with Gasteiger partial charge in [0.1, 0.15) is 5.76 Å². The van der Waals surface area contributed by atoms with E-state index in [0.29, 0.717) is 24.2 Å². The predicted molar refractivity (Wildman–Crippen MR) is 84.6 cm³/mol. The Morgan fingerprint density at radius 2 is 2.12 bits per heavy atom. The van der Waals surface area contributed by atoms with Crippen LogP contribution in [0.4, 0.5) is 18.0 Å². The fourth-order valence-corrected chi connectivity index (χ4v) is 3.30. The van der Waals surface area contributed by atoms with Crippen molar-refractivity contribution in [2.24, 2.45) is 0 Å². The lowest BCUT2D eigenvalue weighted by Gasteiger charge is -2.38. The number of nitrogens with one attached hydrogen (secondary N) is 1. The topological polar surface area (TPSA) is 75.5 Å². The van der Waals surface area contributed by atoms with Crippen LogP contribution in [-0.2, 0) is 10.9 Å². The number of H-pyrrole nitrogens is 1. The molecule has 1 saturated heterocycles. The van der Waals surface area contributed by atoms with E-state index in [4.69, 9.17) is 9.26 Å². The van der Waals surface area contributed by atoms with Crippen LogP contribution in [0.25, 0.3) is 0 Å². The summed E-state index contributed by atoms with van der Waals surface area (Å²) in [5.74, 6) is 0.228. The van der Waals surface area contributed by atoms with Crippen molar-refractivity contribution in [3.8, 4) is 0 Å². The fraction of sp³-hybridized carbons (Fsp3) is 0.412. The van der Waals surface area contributed by atoms with Crippen molar-refractivity contribution in [1.82, 2.24) is 10.1 Å². The van der Waals surface area contributed by atoms with Gasteiger partial charge in [0, 0.05) is 18.5 Å². The monoisotopic (exact) mass is 370 g/mol. The highest BCUT2D eigenvalue weighted by molar-refractivity contribution is 5.68. The van der Waals surface area contributed by atoms with Gasteiger partial charge in [0.15, 0.2) is 0 Å². The normalized spacial score (nSPS) is 20.8. The highest BCUT2D eigenvalue weighted by Gasteiger charge is 2.37. The molecule has 6 nitrogen and oxygen atoms in total. The smallest absolute Gasteiger partial charge is 0.416 e. The zero-order valence-corrected chi connectivity index (χ0v) is 13.9. The Morgan fingerprint density at radius 3 is 2.73 bits per heavy atom. The third kappa shape index (κ3) is 3.61. The van der Waals surface area contributed by atoms with Gasteiger partial charge in [0.05, 0.1) is 18.7 Å². The Kier molecular flexibility index (Phi) is 4.80. The van der Waals surface area contributed by atoms with Gasteiger partial charge in [0.25, 0.3) is 5.56 Å². The lowest BCUT2D eigenvalue weighted by molar-refractivity contribution is -0.137. The van der Waals surface area contributed by atoms with E-state index in [9.17, 15) is 22.8 Å². The SMILES string of the molecule is COC(=O)N1CCC(c2cc(=O)[nH]o2)CC1c1cccc(C(F)(F)F)c1. The van der Waals surface area contributed by atoms with Gasteiger partial charge in [0.2, 0.25) is 0 Å². The van der Waals surface area contributed by atoms with Crippen LogP contribution >= 0.6 is 0 Å². The zero-order valence-electron chi connectivity index (χ0n) is 13.9. The van der Waals surface area contributed by atoms with Gasteiger partial charge in [-0.15, -0.1) is 0 Å². The second-order valence-corrected chi connectivity index (χ2v) is 6.14. The minimum Gasteiger partial charge on any atom is -0.453 e. The molecule has 1 fully saturated rings. The number of nitrogens with zero attached hydrogens (tertiary/aromatic N) is 1. The number of likely N-dealkylation sites (tertiary alicyclic amines) is 1. The number of rotatable bonds is 2. The number of amides is 1. The largest absolute Gasteiger partial charge is 0.453 e. The molecule has 1 aromatic carbocycles. The first-order valence-corrected chi connectivity index (χ1v) is 7.99. The molecule has 26 heavy (non-hydrogen) atoms. The summed E-state index contributed by atoms with van der Waals surface area (Å²) in [6.45, 7) is 0.271. The molecular formula is C17H17F3N2O4. The van der Waals surface area contributed by atoms with E-state index < -0.39 is 23.9 Å². The van der Waals surface area contributed by atoms with Gasteiger partial charge < -0.3 is 14.2 Å². The Balaban J connectivity index is 1.95. The molecule has 0 saturated carbocycles. The molecular weight excluding hydrogens is 353 g/mol. The number of aromatic amines is 1. The minimum absolute atomic E-state index is 0.200. The summed E-state index contributed by atoms with van der Waals surface area (Å²) >= 11 is 0. The molecule has 3 rings (SSSR count). The molecule has 9 heteroatoms. The molecule has 1 aliphatic heterocycles. The van der Waals surface area contributed by atoms with Crippen molar-refractivity contribution in [3.63, 3.8) is 0 Å². The van der Waals surface area contributed by atoms with Crippen molar-refractivity contribution in [2.75, 3.05) is 13.7 Å². The minimum atomic E-state index is -4.48. The first-order chi connectivity index (χ1) is 12.3. The van der Waals surface area contributed by atoms with E-state index in [2.05, 4.69) is 5.16 Å². The number of alkyl halides is 3. The number of ether oxygens (including phenoxy) is 1. The summed E-state index contributed by atoms with van der Waals surface area (Å²) < 4.78 is 49.0. The van der Waals surface area contributed by atoms with Gasteiger partial charge in [-0.1, -0.05) is 12.1 Å². The molecule has 140 valence electrons. The van der Waals surface area contributed by atoms with Crippen LogP contribution in [0.3, 0.4) is 0 Å². The summed E-state index contributed by atoms with van der Waals surface area (Å²) in [6, 6.07) is 5.58. The summed E-state index contributed by atoms with van der Waals surface area (Å²) in [5.41, 5.74) is -0.811. The van der Waals surface area contributed by atoms with Gasteiger partial charge >= 0.3 is 12.3 Å². The maximum absolute atomic E-state index is 13.0. The van der Waals surface area contributed by atoms with Crippen LogP contribution in [0.5, 0.6) is 0 Å². The summed E-state index contributed by atoms with van der Waals surface area (Å²) in [5, 5.41) is 2.21. The summed E-state index contributed by atoms with van der Waals surface area (Å²) in [6.07, 6.45) is -4.27. The summed E-state index contributed by atoms with van der Waals surface area (Å²) in [4.78, 5) is 24.8. The number of piperidine rings is 1. The van der Waals surface area contributed by atoms with Gasteiger partial charge in [-0.2, -0.15) is 18.3 Å². The molecule has 1 amide bonds. The zero-order chi connectivity index (χ0) is 18.9. The Labute approximate surface area is 146 Å². The van der Waals surface area contributed by atoms with Crippen LogP contribution in [0, 0.1) is 0 Å². The lowest BCUT2D eigenvalue weighted by Crippen LogP contribution is -2.40. The number of aromatic nitrogens is 1. The average Bonchev–Trinajstić information content (AvgIpc) is 3.06. The molecule has 1 aliphatic rings. The molecule has 0 spiro atoms. The van der Waals surface area contributed by atoms with E-state index in [1.807, 2.05) is 0 Å². The van der Waals surface area contributed by atoms with E-state index >= 15 is 0 Å². The van der Waals surface area contributed by atoms with Gasteiger partial charge in [-0.05, 0) is 30.5 Å². The standard InChI is InChI=1S/C17H17F3N2O4/c1-25-16(24)22-6-5-11(14-9-15(23)21-26-14)8-13(22)10-3-2-4-12(7-10)17(18,19)20/h2-4,7,9,11,13H,5-6,8H2,1H3,(H,21,23). The molecule has 0 radical (unpaired) electrons. The number of benzene rings is 1. The number of carbonyl (C=O) groups is 1. The maximum Gasteiger partial charge on any atom is 0.416 e. The van der Waals surface area contributed by atoms with E-state index in [1.165, 1.54) is 24.1 Å². The summed E-state index contributed by atoms with van der Waals surface area (Å²) in [7, 11) is 1.23. The predicted octanol–water partition coefficient (Wildman–Crippen LogP) is 3.67. The Morgan fingerprint density at radius 1 is 1.35 bits per heavy atom. The number of methoxy groups -OCH3 is 1. The third-order valence-electron chi connectivity index (χ3n) is 4.56. The van der Waals surface area contributed by atoms with Crippen molar-refractivity contribution < 1.29 is 27.2 Å². The number of hydrogen-bond donors (Lipinski definition) is 1. The second kappa shape index (κ2) is 6.89. The molecule has 1 aromatic heterocycles. The fourth-order valence-electron chi connectivity index (χ4n) is 3.30. The van der Waals surface area contributed by atoms with Crippen molar-refractivity contribution in [2.45, 2.75) is 31.0 Å². The number of halogens is 3. The molecule has 0 aliphatic carbocycles. The van der Waals surface area contributed by atoms with Crippen LogP contribution in [-0.4, -0.2) is 29.8 Å². The van der Waals surface area contributed by atoms with E-state index in [-0.39, 0.29) is 18.0 Å². The highest BCUT2D eigenvalue weighted by Crippen LogP contribution is 2.40. The van der Waals surface area contributed by atoms with Crippen LogP contribution in [0.2, 0.25) is 0 Å². The van der Waals surface area contributed by atoms with Crippen molar-refractivity contribution in [1.29, 1.82) is 0 Å². The number of hydrogen-bond acceptors (Lipinski definition) is 4. The van der Waals surface area contributed by atoms with Crippen LogP contribution < -0.4 is 5.56 Å². The Bertz CT molecular complexity index is 843. The molecule has 2 unspecified atom stereocenters. The first-order valence-electron chi connectivity index (χ1n) is 7.99. The first kappa shape index (κ1) is 18.1. The molecule has 1 N–H and O–H groups in total. The quantitative estimate of drug-likeness (QED) is 0.875. The van der Waals surface area contributed by atoms with Crippen molar-refractivity contribution >= 4 is 6.09 Å². The van der Waals surface area contributed by atoms with Crippen LogP contribution in [0.15, 0.2) is 39.6 Å². The third-order valence-corrected chi connectivity index (χ3v) is 4.56. The van der Waals surface area contributed by atoms with E-state index in [1.54, 1.807) is 6.07 Å². The molecule has 2 heterocycles. The molecule has 2 atom stereocenters. The molecule has 0 bridgehead atoms. The van der Waals surface area contributed by atoms with Gasteiger partial charge in [-0.3, -0.25) is 4.79 Å². The van der Waals surface area contributed by atoms with Crippen molar-refractivity contribution in [3.05, 3.63) is 57.6 Å².